The van der Waals surface area contributed by atoms with Crippen molar-refractivity contribution in [2.75, 3.05) is 19.0 Å². The van der Waals surface area contributed by atoms with Gasteiger partial charge in [-0.25, -0.2) is 4.98 Å². The maximum Gasteiger partial charge on any atom is 0.128 e. The molecule has 90 valence electrons. The fourth-order valence-corrected chi connectivity index (χ4v) is 1.63. The van der Waals surface area contributed by atoms with Crippen molar-refractivity contribution < 1.29 is 9.15 Å². The Labute approximate surface area is 101 Å². The molecule has 4 heteroatoms. The molecule has 1 atom stereocenters. The second-order valence-electron chi connectivity index (χ2n) is 3.82. The van der Waals surface area contributed by atoms with Crippen molar-refractivity contribution >= 4 is 5.82 Å². The van der Waals surface area contributed by atoms with Crippen molar-refractivity contribution in [3.05, 3.63) is 48.0 Å². The number of hydrogen-bond acceptors (Lipinski definition) is 4. The van der Waals surface area contributed by atoms with Crippen LogP contribution in [0.15, 0.2) is 40.9 Å². The topological polar surface area (TPSA) is 47.3 Å². The first kappa shape index (κ1) is 11.7. The smallest absolute Gasteiger partial charge is 0.128 e. The minimum Gasteiger partial charge on any atom is -0.464 e. The lowest BCUT2D eigenvalue weighted by Crippen LogP contribution is -2.16. The fourth-order valence-electron chi connectivity index (χ4n) is 1.63. The third-order valence-electron chi connectivity index (χ3n) is 2.42. The normalized spacial score (nSPS) is 12.4. The van der Waals surface area contributed by atoms with E-state index in [9.17, 15) is 0 Å². The van der Waals surface area contributed by atoms with Gasteiger partial charge in [-0.15, -0.1) is 0 Å². The summed E-state index contributed by atoms with van der Waals surface area (Å²) in [5.41, 5.74) is 0. The van der Waals surface area contributed by atoms with E-state index in [4.69, 9.17) is 9.15 Å². The first-order valence-electron chi connectivity index (χ1n) is 5.52. The molecular weight excluding hydrogens is 216 g/mol. The minimum absolute atomic E-state index is 0.0244. The van der Waals surface area contributed by atoms with Crippen molar-refractivity contribution in [3.8, 4) is 0 Å². The van der Waals surface area contributed by atoms with Gasteiger partial charge in [0.15, 0.2) is 0 Å². The minimum atomic E-state index is -0.0244. The van der Waals surface area contributed by atoms with Gasteiger partial charge in [0.05, 0.1) is 6.61 Å². The zero-order valence-corrected chi connectivity index (χ0v) is 10.0. The molecule has 0 aromatic carbocycles. The maximum absolute atomic E-state index is 5.60. The molecule has 0 saturated heterocycles. The lowest BCUT2D eigenvalue weighted by molar-refractivity contribution is 0.178. The summed E-state index contributed by atoms with van der Waals surface area (Å²) >= 11 is 0. The highest BCUT2D eigenvalue weighted by Crippen LogP contribution is 2.20. The molecule has 1 unspecified atom stereocenters. The van der Waals surface area contributed by atoms with Crippen LogP contribution < -0.4 is 5.32 Å². The highest BCUT2D eigenvalue weighted by molar-refractivity contribution is 5.36. The average Bonchev–Trinajstić information content (AvgIpc) is 2.77. The van der Waals surface area contributed by atoms with Crippen LogP contribution in [0.3, 0.4) is 0 Å². The number of nitrogens with zero attached hydrogens (tertiary/aromatic N) is 1. The number of methoxy groups -OCH3 is 1. The van der Waals surface area contributed by atoms with E-state index in [0.29, 0.717) is 6.61 Å². The predicted molar refractivity (Wildman–Crippen MR) is 65.9 cm³/mol. The van der Waals surface area contributed by atoms with E-state index in [0.717, 1.165) is 17.3 Å². The summed E-state index contributed by atoms with van der Waals surface area (Å²) in [5.74, 6) is 2.56. The van der Waals surface area contributed by atoms with E-state index in [1.807, 2.05) is 37.3 Å². The van der Waals surface area contributed by atoms with Gasteiger partial charge in [0.2, 0.25) is 0 Å². The van der Waals surface area contributed by atoms with Crippen LogP contribution in [0.4, 0.5) is 5.82 Å². The van der Waals surface area contributed by atoms with Gasteiger partial charge in [-0.3, -0.25) is 0 Å². The molecule has 2 aromatic heterocycles. The van der Waals surface area contributed by atoms with Gasteiger partial charge < -0.3 is 14.5 Å². The molecule has 2 rings (SSSR count). The van der Waals surface area contributed by atoms with Gasteiger partial charge in [0.1, 0.15) is 23.4 Å². The van der Waals surface area contributed by atoms with Crippen LogP contribution >= 0.6 is 0 Å². The Bertz CT molecular complexity index is 453. The number of anilines is 1. The molecule has 0 aliphatic carbocycles. The van der Waals surface area contributed by atoms with Crippen molar-refractivity contribution in [1.82, 2.24) is 4.98 Å². The predicted octanol–water partition coefficient (Wildman–Crippen LogP) is 2.78. The molecule has 0 spiro atoms. The average molecular weight is 232 g/mol. The molecule has 2 heterocycles. The first-order chi connectivity index (χ1) is 8.29. The molecule has 1 N–H and O–H groups in total. The molecule has 17 heavy (non-hydrogen) atoms. The summed E-state index contributed by atoms with van der Waals surface area (Å²) in [7, 11) is 1.67. The fraction of sp³-hybridized carbons (Fsp3) is 0.308. The SMILES string of the molecule is COCC(Nc1ccccn1)c1ccc(C)o1. The Hall–Kier alpha value is -1.81. The Morgan fingerprint density at radius 2 is 2.24 bits per heavy atom. The monoisotopic (exact) mass is 232 g/mol. The van der Waals surface area contributed by atoms with Crippen molar-refractivity contribution in [2.24, 2.45) is 0 Å². The Morgan fingerprint density at radius 1 is 1.35 bits per heavy atom. The van der Waals surface area contributed by atoms with Gasteiger partial charge in [-0.05, 0) is 31.2 Å². The van der Waals surface area contributed by atoms with Crippen LogP contribution in [-0.2, 0) is 4.74 Å². The maximum atomic E-state index is 5.60. The number of rotatable bonds is 5. The number of aromatic nitrogens is 1. The Kier molecular flexibility index (Phi) is 3.77. The largest absolute Gasteiger partial charge is 0.464 e. The number of aryl methyl sites for hydroxylation is 1. The van der Waals surface area contributed by atoms with Crippen LogP contribution in [0.5, 0.6) is 0 Å². The third-order valence-corrected chi connectivity index (χ3v) is 2.42. The van der Waals surface area contributed by atoms with Crippen LogP contribution in [0.1, 0.15) is 17.6 Å². The van der Waals surface area contributed by atoms with Crippen LogP contribution in [0.2, 0.25) is 0 Å². The van der Waals surface area contributed by atoms with Crippen molar-refractivity contribution in [3.63, 3.8) is 0 Å². The molecule has 0 aliphatic rings. The number of nitrogens with one attached hydrogen (secondary N) is 1. The van der Waals surface area contributed by atoms with E-state index in [1.54, 1.807) is 13.3 Å². The first-order valence-corrected chi connectivity index (χ1v) is 5.52. The highest BCUT2D eigenvalue weighted by Gasteiger charge is 2.15. The molecule has 4 nitrogen and oxygen atoms in total. The molecule has 0 bridgehead atoms. The van der Waals surface area contributed by atoms with Crippen LogP contribution in [0, 0.1) is 6.92 Å². The second kappa shape index (κ2) is 5.50. The van der Waals surface area contributed by atoms with Crippen molar-refractivity contribution in [1.29, 1.82) is 0 Å². The van der Waals surface area contributed by atoms with E-state index in [1.165, 1.54) is 0 Å². The zero-order valence-electron chi connectivity index (χ0n) is 10.0. The van der Waals surface area contributed by atoms with Gasteiger partial charge >= 0.3 is 0 Å². The summed E-state index contributed by atoms with van der Waals surface area (Å²) in [6, 6.07) is 9.61. The van der Waals surface area contributed by atoms with Gasteiger partial charge in [0, 0.05) is 13.3 Å². The summed E-state index contributed by atoms with van der Waals surface area (Å²) < 4.78 is 10.8. The van der Waals surface area contributed by atoms with Gasteiger partial charge in [-0.1, -0.05) is 6.07 Å². The molecule has 0 saturated carbocycles. The molecule has 0 radical (unpaired) electrons. The third kappa shape index (κ3) is 3.07. The summed E-state index contributed by atoms with van der Waals surface area (Å²) in [4.78, 5) is 4.22. The van der Waals surface area contributed by atoms with Crippen LogP contribution in [-0.4, -0.2) is 18.7 Å². The van der Waals surface area contributed by atoms with Gasteiger partial charge in [-0.2, -0.15) is 0 Å². The van der Waals surface area contributed by atoms with Gasteiger partial charge in [0.25, 0.3) is 0 Å². The molecule has 0 amide bonds. The molecule has 0 fully saturated rings. The second-order valence-corrected chi connectivity index (χ2v) is 3.82. The quantitative estimate of drug-likeness (QED) is 0.861. The molecular formula is C13H16N2O2. The highest BCUT2D eigenvalue weighted by atomic mass is 16.5. The van der Waals surface area contributed by atoms with E-state index >= 15 is 0 Å². The summed E-state index contributed by atoms with van der Waals surface area (Å²) in [5, 5.41) is 3.28. The van der Waals surface area contributed by atoms with Crippen molar-refractivity contribution in [2.45, 2.75) is 13.0 Å². The zero-order chi connectivity index (χ0) is 12.1. The lowest BCUT2D eigenvalue weighted by Gasteiger charge is -2.16. The standard InChI is InChI=1S/C13H16N2O2/c1-10-6-7-12(17-10)11(9-16-2)15-13-5-3-4-8-14-13/h3-8,11H,9H2,1-2H3,(H,14,15). The summed E-state index contributed by atoms with van der Waals surface area (Å²) in [6.07, 6.45) is 1.75. The number of pyridine rings is 1. The Morgan fingerprint density at radius 3 is 2.82 bits per heavy atom. The lowest BCUT2D eigenvalue weighted by atomic mass is 10.2. The van der Waals surface area contributed by atoms with E-state index < -0.39 is 0 Å². The van der Waals surface area contributed by atoms with Crippen LogP contribution in [0.25, 0.3) is 0 Å². The molecule has 2 aromatic rings. The number of ether oxygens (including phenoxy) is 1. The molecule has 0 aliphatic heterocycles. The van der Waals surface area contributed by atoms with E-state index in [-0.39, 0.29) is 6.04 Å². The van der Waals surface area contributed by atoms with E-state index in [2.05, 4.69) is 10.3 Å². The number of furan rings is 1. The Balaban J connectivity index is 2.13. The summed E-state index contributed by atoms with van der Waals surface area (Å²) in [6.45, 7) is 2.46. The number of hydrogen-bond donors (Lipinski definition) is 1.